The molecule has 1 spiro atoms. The fourth-order valence-electron chi connectivity index (χ4n) is 5.73. The van der Waals surface area contributed by atoms with Crippen LogP contribution >= 0.6 is 0 Å². The first-order valence-electron chi connectivity index (χ1n) is 14.3. The van der Waals surface area contributed by atoms with Crippen LogP contribution in [0.2, 0.25) is 0 Å². The number of aliphatic carboxylic acids is 2. The van der Waals surface area contributed by atoms with Crippen LogP contribution in [0.1, 0.15) is 76.3 Å². The van der Waals surface area contributed by atoms with Crippen LogP contribution in [-0.4, -0.2) is 89.8 Å². The van der Waals surface area contributed by atoms with Crippen molar-refractivity contribution in [2.45, 2.75) is 97.8 Å². The first kappa shape index (κ1) is 37.0. The molecule has 2 aliphatic rings. The number of piperidine rings is 1. The van der Waals surface area contributed by atoms with Gasteiger partial charge in [0.2, 0.25) is 0 Å². The second-order valence-electron chi connectivity index (χ2n) is 11.8. The second kappa shape index (κ2) is 14.8. The molecule has 2 N–H and O–H groups in total. The third-order valence-corrected chi connectivity index (χ3v) is 7.44. The van der Waals surface area contributed by atoms with Crippen molar-refractivity contribution in [2.24, 2.45) is 5.92 Å². The number of fused-ring (bicyclic) bond motifs is 2. The fraction of sp³-hybridized carbons (Fsp3) is 0.714. The van der Waals surface area contributed by atoms with Gasteiger partial charge in [0.05, 0.1) is 17.6 Å². The molecular formula is C28H42F6N6O4. The molecule has 1 fully saturated rings. The van der Waals surface area contributed by atoms with Gasteiger partial charge < -0.3 is 19.7 Å². The minimum absolute atomic E-state index is 0.187. The summed E-state index contributed by atoms with van der Waals surface area (Å²) < 4.78 is 68.0. The van der Waals surface area contributed by atoms with Crippen molar-refractivity contribution in [3.05, 3.63) is 35.2 Å². The number of carboxylic acid groups (broad SMARTS) is 2. The molecule has 16 heteroatoms. The van der Waals surface area contributed by atoms with E-state index >= 15 is 0 Å². The van der Waals surface area contributed by atoms with Gasteiger partial charge in [-0.3, -0.25) is 9.58 Å². The summed E-state index contributed by atoms with van der Waals surface area (Å²) in [5, 5.41) is 18.8. The zero-order chi connectivity index (χ0) is 33.6. The molecule has 4 rings (SSSR count). The summed E-state index contributed by atoms with van der Waals surface area (Å²) in [7, 11) is 0. The molecule has 0 atom stereocenters. The maximum absolute atomic E-state index is 10.6. The standard InChI is InChI=1S/C24H40N6.2C2HF3O2/c1-7-29-15-21(12-25-29)14-28-16-22-23(26-20(6)30(22)19(4)5)24(17-28)8-10-27(11-9-24)13-18(2)3;2*3-2(4,5)1(6)7/h12,15,18-19H,7-11,13-14,16-17H2,1-6H3;2*(H,6,7). The largest absolute Gasteiger partial charge is 0.490 e. The molecule has 0 bridgehead atoms. The molecule has 0 radical (unpaired) electrons. The Morgan fingerprint density at radius 3 is 1.91 bits per heavy atom. The maximum Gasteiger partial charge on any atom is 0.490 e. The van der Waals surface area contributed by atoms with Gasteiger partial charge >= 0.3 is 24.3 Å². The van der Waals surface area contributed by atoms with E-state index in [0.29, 0.717) is 6.04 Å². The van der Waals surface area contributed by atoms with Crippen molar-refractivity contribution in [3.63, 3.8) is 0 Å². The average Bonchev–Trinajstić information content (AvgIpc) is 3.48. The maximum atomic E-state index is 10.6. The molecule has 2 aromatic rings. The number of hydrogen-bond acceptors (Lipinski definition) is 6. The molecule has 0 unspecified atom stereocenters. The van der Waals surface area contributed by atoms with Crippen molar-refractivity contribution in [1.82, 2.24) is 29.1 Å². The van der Waals surface area contributed by atoms with Crippen molar-refractivity contribution in [3.8, 4) is 0 Å². The van der Waals surface area contributed by atoms with Gasteiger partial charge in [0.1, 0.15) is 5.82 Å². The van der Waals surface area contributed by atoms with Crippen LogP contribution in [0, 0.1) is 12.8 Å². The molecule has 4 heterocycles. The molecule has 2 aromatic heterocycles. The lowest BCUT2D eigenvalue weighted by molar-refractivity contribution is -0.193. The lowest BCUT2D eigenvalue weighted by Gasteiger charge is -2.47. The molecule has 1 saturated heterocycles. The number of nitrogens with zero attached hydrogens (tertiary/aromatic N) is 6. The van der Waals surface area contributed by atoms with E-state index in [1.807, 2.05) is 10.9 Å². The number of rotatable bonds is 6. The van der Waals surface area contributed by atoms with Gasteiger partial charge in [-0.25, -0.2) is 14.6 Å². The van der Waals surface area contributed by atoms with Crippen molar-refractivity contribution < 1.29 is 46.1 Å². The Hall–Kier alpha value is -3.14. The van der Waals surface area contributed by atoms with E-state index in [4.69, 9.17) is 24.8 Å². The lowest BCUT2D eigenvalue weighted by atomic mass is 9.72. The smallest absolute Gasteiger partial charge is 0.475 e. The Morgan fingerprint density at radius 1 is 0.977 bits per heavy atom. The molecule has 0 aromatic carbocycles. The summed E-state index contributed by atoms with van der Waals surface area (Å²) in [6, 6.07) is 0.446. The minimum Gasteiger partial charge on any atom is -0.475 e. The zero-order valence-corrected chi connectivity index (χ0v) is 25.8. The van der Waals surface area contributed by atoms with E-state index < -0.39 is 24.3 Å². The Bertz CT molecular complexity index is 1220. The highest BCUT2D eigenvalue weighted by molar-refractivity contribution is 5.73. The summed E-state index contributed by atoms with van der Waals surface area (Å²) >= 11 is 0. The third kappa shape index (κ3) is 9.94. The van der Waals surface area contributed by atoms with Gasteiger partial charge in [-0.15, -0.1) is 0 Å². The van der Waals surface area contributed by atoms with Crippen LogP contribution in [0.5, 0.6) is 0 Å². The Kier molecular flexibility index (Phi) is 12.4. The highest BCUT2D eigenvalue weighted by Crippen LogP contribution is 2.43. The Balaban J connectivity index is 0.000000402. The number of alkyl halides is 6. The topological polar surface area (TPSA) is 117 Å². The fourth-order valence-corrected chi connectivity index (χ4v) is 5.73. The number of aromatic nitrogens is 4. The molecular weight excluding hydrogens is 598 g/mol. The quantitative estimate of drug-likeness (QED) is 0.411. The number of aryl methyl sites for hydroxylation is 2. The summed E-state index contributed by atoms with van der Waals surface area (Å²) in [6.07, 6.45) is -3.49. The van der Waals surface area contributed by atoms with Crippen molar-refractivity contribution in [1.29, 1.82) is 0 Å². The van der Waals surface area contributed by atoms with E-state index in [-0.39, 0.29) is 5.41 Å². The molecule has 0 saturated carbocycles. The van der Waals surface area contributed by atoms with E-state index in [9.17, 15) is 26.3 Å². The number of imidazole rings is 1. The van der Waals surface area contributed by atoms with Crippen molar-refractivity contribution in [2.75, 3.05) is 26.2 Å². The monoisotopic (exact) mass is 640 g/mol. The lowest BCUT2D eigenvalue weighted by Crippen LogP contribution is -2.52. The summed E-state index contributed by atoms with van der Waals surface area (Å²) in [4.78, 5) is 28.3. The van der Waals surface area contributed by atoms with Crippen LogP contribution in [0.25, 0.3) is 0 Å². The first-order chi connectivity index (χ1) is 20.2. The van der Waals surface area contributed by atoms with E-state index in [2.05, 4.69) is 67.2 Å². The third-order valence-electron chi connectivity index (χ3n) is 7.44. The number of hydrogen-bond donors (Lipinski definition) is 2. The van der Waals surface area contributed by atoms with Gasteiger partial charge in [0.15, 0.2) is 0 Å². The van der Waals surface area contributed by atoms with Crippen LogP contribution in [0.3, 0.4) is 0 Å². The van der Waals surface area contributed by atoms with Crippen LogP contribution in [0.15, 0.2) is 12.4 Å². The second-order valence-corrected chi connectivity index (χ2v) is 11.8. The molecule has 2 aliphatic heterocycles. The van der Waals surface area contributed by atoms with Gasteiger partial charge in [0, 0.05) is 55.9 Å². The molecule has 44 heavy (non-hydrogen) atoms. The van der Waals surface area contributed by atoms with Gasteiger partial charge in [-0.2, -0.15) is 31.4 Å². The molecule has 0 aliphatic carbocycles. The number of likely N-dealkylation sites (tertiary alicyclic amines) is 1. The summed E-state index contributed by atoms with van der Waals surface area (Å²) in [6.45, 7) is 21.2. The molecule has 0 amide bonds. The predicted octanol–water partition coefficient (Wildman–Crippen LogP) is 5.26. The number of carbonyl (C=O) groups is 2. The van der Waals surface area contributed by atoms with Crippen LogP contribution in [-0.2, 0) is 34.6 Å². The van der Waals surface area contributed by atoms with Crippen molar-refractivity contribution >= 4 is 11.9 Å². The van der Waals surface area contributed by atoms with E-state index in [1.165, 1.54) is 55.3 Å². The van der Waals surface area contributed by atoms with E-state index in [0.717, 1.165) is 32.1 Å². The van der Waals surface area contributed by atoms with E-state index in [1.54, 1.807) is 0 Å². The highest BCUT2D eigenvalue weighted by Gasteiger charge is 2.45. The van der Waals surface area contributed by atoms with Gasteiger partial charge in [-0.05, 0) is 59.5 Å². The van der Waals surface area contributed by atoms with Crippen LogP contribution in [0.4, 0.5) is 26.3 Å². The summed E-state index contributed by atoms with van der Waals surface area (Å²) in [5.74, 6) is -3.60. The molecule has 250 valence electrons. The minimum atomic E-state index is -5.08. The Labute approximate surface area is 252 Å². The molecule has 10 nitrogen and oxygen atoms in total. The highest BCUT2D eigenvalue weighted by atomic mass is 19.4. The Morgan fingerprint density at radius 2 is 1.50 bits per heavy atom. The van der Waals surface area contributed by atoms with Gasteiger partial charge in [0.25, 0.3) is 0 Å². The first-order valence-corrected chi connectivity index (χ1v) is 14.3. The zero-order valence-electron chi connectivity index (χ0n) is 25.8. The van der Waals surface area contributed by atoms with Gasteiger partial charge in [-0.1, -0.05) is 13.8 Å². The van der Waals surface area contributed by atoms with Crippen LogP contribution < -0.4 is 0 Å². The average molecular weight is 641 g/mol. The summed E-state index contributed by atoms with van der Waals surface area (Å²) in [5.41, 5.74) is 4.36. The normalized spacial score (nSPS) is 17.1. The predicted molar refractivity (Wildman–Crippen MR) is 149 cm³/mol. The number of halogens is 6. The SMILES string of the molecule is CCn1cc(CN2Cc3c(nc(C)n3C(C)C)C3(CCN(CC(C)C)CC3)C2)cn1.O=C(O)C(F)(F)F.O=C(O)C(F)(F)F. The number of carboxylic acids is 2.